The molecule has 0 spiro atoms. The van der Waals surface area contributed by atoms with Crippen LogP contribution in [-0.4, -0.2) is 38.8 Å². The fraction of sp³-hybridized carbons (Fsp3) is 0.667. The predicted molar refractivity (Wildman–Crippen MR) is 69.7 cm³/mol. The van der Waals surface area contributed by atoms with Gasteiger partial charge in [0.05, 0.1) is 22.9 Å². The number of rotatable bonds is 3. The summed E-state index contributed by atoms with van der Waals surface area (Å²) >= 11 is 0. The lowest BCUT2D eigenvalue weighted by atomic mass is 9.98. The maximum Gasteiger partial charge on any atom is 0.330 e. The fourth-order valence-electron chi connectivity index (χ4n) is 1.89. The number of hydroxylamine groups is 2. The third-order valence-corrected chi connectivity index (χ3v) is 3.12. The molecule has 8 heteroatoms. The first kappa shape index (κ1) is 14.4. The Bertz CT molecular complexity index is 520. The Morgan fingerprint density at radius 1 is 1.55 bits per heavy atom. The number of aromatic nitrogens is 2. The van der Waals surface area contributed by atoms with Crippen LogP contribution < -0.4 is 0 Å². The van der Waals surface area contributed by atoms with Crippen molar-refractivity contribution in [3.63, 3.8) is 0 Å². The lowest BCUT2D eigenvalue weighted by molar-refractivity contribution is -0.385. The van der Waals surface area contributed by atoms with Crippen molar-refractivity contribution in [2.75, 3.05) is 13.1 Å². The third kappa shape index (κ3) is 3.13. The van der Waals surface area contributed by atoms with Crippen molar-refractivity contribution >= 4 is 11.7 Å². The molecule has 110 valence electrons. The van der Waals surface area contributed by atoms with Gasteiger partial charge in [-0.25, -0.2) is 4.79 Å². The topological polar surface area (TPSA) is 90.5 Å². The van der Waals surface area contributed by atoms with Crippen LogP contribution in [-0.2, 0) is 9.63 Å². The third-order valence-electron chi connectivity index (χ3n) is 3.12. The van der Waals surface area contributed by atoms with Gasteiger partial charge in [0.25, 0.3) is 0 Å². The van der Waals surface area contributed by atoms with Crippen molar-refractivity contribution < 1.29 is 14.6 Å². The van der Waals surface area contributed by atoms with Crippen molar-refractivity contribution in [1.82, 2.24) is 14.8 Å². The fourth-order valence-corrected chi connectivity index (χ4v) is 1.89. The van der Waals surface area contributed by atoms with E-state index in [9.17, 15) is 14.9 Å². The highest BCUT2D eigenvalue weighted by Gasteiger charge is 2.31. The minimum atomic E-state index is -0.553. The van der Waals surface area contributed by atoms with E-state index in [0.29, 0.717) is 13.1 Å². The van der Waals surface area contributed by atoms with E-state index in [2.05, 4.69) is 5.10 Å². The second-order valence-electron chi connectivity index (χ2n) is 5.89. The van der Waals surface area contributed by atoms with Gasteiger partial charge in [-0.05, 0) is 27.2 Å². The number of carbonyl (C=O) groups excluding carboxylic acids is 1. The molecule has 0 unspecified atom stereocenters. The molecule has 0 bridgehead atoms. The Labute approximate surface area is 116 Å². The van der Waals surface area contributed by atoms with Gasteiger partial charge >= 0.3 is 11.7 Å². The van der Waals surface area contributed by atoms with Crippen LogP contribution in [0.25, 0.3) is 0 Å². The highest BCUT2D eigenvalue weighted by molar-refractivity contribution is 5.75. The van der Waals surface area contributed by atoms with Crippen LogP contribution in [0, 0.1) is 15.5 Å². The van der Waals surface area contributed by atoms with Crippen molar-refractivity contribution in [3.05, 3.63) is 22.5 Å². The van der Waals surface area contributed by atoms with E-state index in [1.54, 1.807) is 30.5 Å². The van der Waals surface area contributed by atoms with Crippen LogP contribution >= 0.6 is 0 Å². The molecular formula is C12H18N4O4. The molecule has 1 aromatic rings. The smallest absolute Gasteiger partial charge is 0.330 e. The summed E-state index contributed by atoms with van der Waals surface area (Å²) in [6.45, 7) is 6.46. The number of carbonyl (C=O) groups is 1. The predicted octanol–water partition coefficient (Wildman–Crippen LogP) is 1.54. The highest BCUT2D eigenvalue weighted by Crippen LogP contribution is 2.25. The monoisotopic (exact) mass is 282 g/mol. The first-order valence-electron chi connectivity index (χ1n) is 6.43. The Hall–Kier alpha value is -1.96. The van der Waals surface area contributed by atoms with Crippen LogP contribution in [0.2, 0.25) is 0 Å². The second-order valence-corrected chi connectivity index (χ2v) is 5.89. The summed E-state index contributed by atoms with van der Waals surface area (Å²) in [6.07, 6.45) is 3.36. The standard InChI is InChI=1S/C12H18N4O4/c1-12(2,3)11(17)20-14-5-4-9(7-14)15-8-10(6-13-15)16(18)19/h6,8-9H,4-5,7H2,1-3H3/t9-/m0/s1. The molecule has 0 saturated carbocycles. The zero-order valence-electron chi connectivity index (χ0n) is 11.8. The largest absolute Gasteiger partial charge is 0.367 e. The van der Waals surface area contributed by atoms with Crippen LogP contribution in [0.4, 0.5) is 5.69 Å². The van der Waals surface area contributed by atoms with Gasteiger partial charge in [-0.15, -0.1) is 5.06 Å². The van der Waals surface area contributed by atoms with E-state index in [4.69, 9.17) is 4.84 Å². The molecule has 2 heterocycles. The molecule has 20 heavy (non-hydrogen) atoms. The van der Waals surface area contributed by atoms with Gasteiger partial charge < -0.3 is 4.84 Å². The van der Waals surface area contributed by atoms with Gasteiger partial charge in [-0.1, -0.05) is 0 Å². The van der Waals surface area contributed by atoms with Gasteiger partial charge in [-0.3, -0.25) is 14.8 Å². The molecule has 0 radical (unpaired) electrons. The molecule has 1 fully saturated rings. The van der Waals surface area contributed by atoms with Crippen LogP contribution in [0.1, 0.15) is 33.2 Å². The number of hydrogen-bond donors (Lipinski definition) is 0. The molecule has 0 N–H and O–H groups in total. The summed E-state index contributed by atoms with van der Waals surface area (Å²) < 4.78 is 1.56. The first-order chi connectivity index (χ1) is 9.27. The van der Waals surface area contributed by atoms with Gasteiger partial charge in [0, 0.05) is 6.54 Å². The molecule has 1 saturated heterocycles. The van der Waals surface area contributed by atoms with Gasteiger partial charge in [0.2, 0.25) is 0 Å². The summed E-state index contributed by atoms with van der Waals surface area (Å²) in [4.78, 5) is 27.2. The Kier molecular flexibility index (Phi) is 3.76. The van der Waals surface area contributed by atoms with Crippen molar-refractivity contribution in [1.29, 1.82) is 0 Å². The summed E-state index contributed by atoms with van der Waals surface area (Å²) in [5.74, 6) is -0.287. The molecule has 0 aliphatic carbocycles. The quantitative estimate of drug-likeness (QED) is 0.617. The Morgan fingerprint density at radius 2 is 2.25 bits per heavy atom. The molecular weight excluding hydrogens is 264 g/mol. The molecule has 1 aliphatic rings. The maximum atomic E-state index is 11.8. The van der Waals surface area contributed by atoms with Crippen molar-refractivity contribution in [3.8, 4) is 0 Å². The Morgan fingerprint density at radius 3 is 2.80 bits per heavy atom. The number of nitro groups is 1. The zero-order valence-corrected chi connectivity index (χ0v) is 11.8. The van der Waals surface area contributed by atoms with E-state index in [1.165, 1.54) is 12.4 Å². The lowest BCUT2D eigenvalue weighted by Gasteiger charge is -2.21. The second kappa shape index (κ2) is 5.20. The van der Waals surface area contributed by atoms with Gasteiger partial charge in [-0.2, -0.15) is 5.10 Å². The summed E-state index contributed by atoms with van der Waals surface area (Å²) in [5, 5.41) is 16.2. The first-order valence-corrected chi connectivity index (χ1v) is 6.43. The average molecular weight is 282 g/mol. The van der Waals surface area contributed by atoms with Crippen LogP contribution in [0.5, 0.6) is 0 Å². The number of hydrogen-bond acceptors (Lipinski definition) is 6. The molecule has 0 aromatic carbocycles. The summed E-state index contributed by atoms with van der Waals surface area (Å²) in [7, 11) is 0. The zero-order chi connectivity index (χ0) is 14.9. The van der Waals surface area contributed by atoms with E-state index < -0.39 is 10.3 Å². The molecule has 0 amide bonds. The van der Waals surface area contributed by atoms with E-state index in [-0.39, 0.29) is 17.7 Å². The molecule has 1 atom stereocenters. The summed E-state index contributed by atoms with van der Waals surface area (Å²) in [5.41, 5.74) is -0.585. The lowest BCUT2D eigenvalue weighted by Crippen LogP contribution is -2.32. The van der Waals surface area contributed by atoms with E-state index in [0.717, 1.165) is 6.42 Å². The van der Waals surface area contributed by atoms with E-state index in [1.807, 2.05) is 0 Å². The SMILES string of the molecule is CC(C)(C)C(=O)ON1CC[C@H](n2cc([N+](=O)[O-])cn2)C1. The van der Waals surface area contributed by atoms with Gasteiger partial charge in [0.15, 0.2) is 0 Å². The minimum absolute atomic E-state index is 0.0172. The van der Waals surface area contributed by atoms with E-state index >= 15 is 0 Å². The normalized spacial score (nSPS) is 20.1. The minimum Gasteiger partial charge on any atom is -0.367 e. The highest BCUT2D eigenvalue weighted by atomic mass is 16.7. The number of nitrogens with zero attached hydrogens (tertiary/aromatic N) is 4. The van der Waals surface area contributed by atoms with Gasteiger partial charge in [0.1, 0.15) is 12.4 Å². The maximum absolute atomic E-state index is 11.8. The average Bonchev–Trinajstić information content (AvgIpc) is 2.94. The summed E-state index contributed by atoms with van der Waals surface area (Å²) in [6, 6.07) is -0.0172. The van der Waals surface area contributed by atoms with Crippen molar-refractivity contribution in [2.24, 2.45) is 5.41 Å². The van der Waals surface area contributed by atoms with Crippen molar-refractivity contribution in [2.45, 2.75) is 33.2 Å². The molecule has 1 aliphatic heterocycles. The molecule has 1 aromatic heterocycles. The van der Waals surface area contributed by atoms with Crippen LogP contribution in [0.3, 0.4) is 0 Å². The molecule has 2 rings (SSSR count). The van der Waals surface area contributed by atoms with Crippen LogP contribution in [0.15, 0.2) is 12.4 Å². The molecule has 8 nitrogen and oxygen atoms in total. The Balaban J connectivity index is 1.95.